The number of esters is 1. The molecule has 0 spiro atoms. The van der Waals surface area contributed by atoms with Gasteiger partial charge >= 0.3 is 5.97 Å². The lowest BCUT2D eigenvalue weighted by atomic mass is 10.1. The minimum Gasteiger partial charge on any atom is -0.476 e. The fourth-order valence-electron chi connectivity index (χ4n) is 1.51. The summed E-state index contributed by atoms with van der Waals surface area (Å²) >= 11 is 0. The molecule has 1 aromatic rings. The molecule has 6 heteroatoms. The van der Waals surface area contributed by atoms with Gasteiger partial charge in [-0.05, 0) is 45.0 Å². The van der Waals surface area contributed by atoms with Crippen molar-refractivity contribution in [3.05, 3.63) is 42.7 Å². The molecule has 5 nitrogen and oxygen atoms in total. The SMILES string of the molecule is C=CCNC(=O)[C@H](C)OC(=O)C(C)(C)Oc1ccc(F)cc1. The maximum Gasteiger partial charge on any atom is 0.350 e. The Kier molecular flexibility index (Phi) is 6.10. The zero-order valence-electron chi connectivity index (χ0n) is 12.9. The van der Waals surface area contributed by atoms with Crippen LogP contribution < -0.4 is 10.1 Å². The van der Waals surface area contributed by atoms with Gasteiger partial charge in [0.25, 0.3) is 5.91 Å². The van der Waals surface area contributed by atoms with Crippen molar-refractivity contribution in [2.45, 2.75) is 32.5 Å². The highest BCUT2D eigenvalue weighted by Gasteiger charge is 2.34. The summed E-state index contributed by atoms with van der Waals surface area (Å²) in [4.78, 5) is 23.7. The van der Waals surface area contributed by atoms with Crippen molar-refractivity contribution < 1.29 is 23.5 Å². The van der Waals surface area contributed by atoms with Crippen LogP contribution in [-0.2, 0) is 14.3 Å². The summed E-state index contributed by atoms with van der Waals surface area (Å²) < 4.78 is 23.4. The van der Waals surface area contributed by atoms with Crippen LogP contribution in [0.25, 0.3) is 0 Å². The molecule has 0 heterocycles. The molecule has 22 heavy (non-hydrogen) atoms. The molecular weight excluding hydrogens is 289 g/mol. The molecule has 0 saturated carbocycles. The molecule has 0 saturated heterocycles. The lowest BCUT2D eigenvalue weighted by Crippen LogP contribution is -2.44. The Morgan fingerprint density at radius 1 is 1.36 bits per heavy atom. The average molecular weight is 309 g/mol. The largest absolute Gasteiger partial charge is 0.476 e. The van der Waals surface area contributed by atoms with Gasteiger partial charge in [-0.3, -0.25) is 4.79 Å². The van der Waals surface area contributed by atoms with Crippen molar-refractivity contribution >= 4 is 11.9 Å². The molecule has 0 bridgehead atoms. The van der Waals surface area contributed by atoms with E-state index in [1.54, 1.807) is 0 Å². The number of rotatable bonds is 7. The molecule has 0 aliphatic rings. The predicted molar refractivity (Wildman–Crippen MR) is 79.9 cm³/mol. The second-order valence-electron chi connectivity index (χ2n) is 5.15. The van der Waals surface area contributed by atoms with Crippen molar-refractivity contribution in [1.82, 2.24) is 5.32 Å². The molecule has 1 amide bonds. The third kappa shape index (κ3) is 5.20. The van der Waals surface area contributed by atoms with Crippen molar-refractivity contribution in [1.29, 1.82) is 0 Å². The van der Waals surface area contributed by atoms with E-state index in [1.807, 2.05) is 0 Å². The minimum absolute atomic E-state index is 0.288. The molecule has 120 valence electrons. The Labute approximate surface area is 129 Å². The number of nitrogens with one attached hydrogen (secondary N) is 1. The Hall–Kier alpha value is -2.37. The van der Waals surface area contributed by atoms with E-state index in [9.17, 15) is 14.0 Å². The van der Waals surface area contributed by atoms with Gasteiger partial charge in [0.15, 0.2) is 11.7 Å². The molecule has 0 radical (unpaired) electrons. The Bertz CT molecular complexity index is 540. The number of carbonyl (C=O) groups excluding carboxylic acids is 2. The molecule has 1 aromatic carbocycles. The van der Waals surface area contributed by atoms with E-state index in [2.05, 4.69) is 11.9 Å². The van der Waals surface area contributed by atoms with Gasteiger partial charge in [0.2, 0.25) is 0 Å². The van der Waals surface area contributed by atoms with Gasteiger partial charge in [-0.2, -0.15) is 0 Å². The Morgan fingerprint density at radius 2 is 1.95 bits per heavy atom. The molecule has 1 atom stereocenters. The van der Waals surface area contributed by atoms with Crippen LogP contribution in [0.15, 0.2) is 36.9 Å². The second-order valence-corrected chi connectivity index (χ2v) is 5.15. The number of hydrogen-bond donors (Lipinski definition) is 1. The van der Waals surface area contributed by atoms with Crippen LogP contribution in [0.4, 0.5) is 4.39 Å². The zero-order valence-corrected chi connectivity index (χ0v) is 12.9. The third-order valence-corrected chi connectivity index (χ3v) is 2.75. The van der Waals surface area contributed by atoms with E-state index in [-0.39, 0.29) is 6.54 Å². The number of hydrogen-bond acceptors (Lipinski definition) is 4. The van der Waals surface area contributed by atoms with E-state index in [0.717, 1.165) is 0 Å². The van der Waals surface area contributed by atoms with Gasteiger partial charge in [0.05, 0.1) is 0 Å². The maximum absolute atomic E-state index is 12.8. The summed E-state index contributed by atoms with van der Waals surface area (Å²) in [7, 11) is 0. The summed E-state index contributed by atoms with van der Waals surface area (Å²) in [5.74, 6) is -1.20. The topological polar surface area (TPSA) is 64.6 Å². The van der Waals surface area contributed by atoms with Crippen molar-refractivity contribution in [2.75, 3.05) is 6.54 Å². The van der Waals surface area contributed by atoms with E-state index >= 15 is 0 Å². The zero-order chi connectivity index (χ0) is 16.8. The van der Waals surface area contributed by atoms with Gasteiger partial charge < -0.3 is 14.8 Å². The van der Waals surface area contributed by atoms with E-state index in [1.165, 1.54) is 51.1 Å². The van der Waals surface area contributed by atoms with Crippen molar-refractivity contribution in [2.24, 2.45) is 0 Å². The van der Waals surface area contributed by atoms with Crippen molar-refractivity contribution in [3.8, 4) is 5.75 Å². The lowest BCUT2D eigenvalue weighted by Gasteiger charge is -2.26. The summed E-state index contributed by atoms with van der Waals surface area (Å²) in [5, 5.41) is 2.53. The molecule has 1 rings (SSSR count). The number of halogens is 1. The first-order chi connectivity index (χ1) is 10.3. The van der Waals surface area contributed by atoms with E-state index in [4.69, 9.17) is 9.47 Å². The van der Waals surface area contributed by atoms with Gasteiger partial charge in [-0.25, -0.2) is 9.18 Å². The van der Waals surface area contributed by atoms with Crippen LogP contribution in [-0.4, -0.2) is 30.1 Å². The molecule has 1 N–H and O–H groups in total. The Morgan fingerprint density at radius 3 is 2.50 bits per heavy atom. The summed E-state index contributed by atoms with van der Waals surface area (Å²) in [6.07, 6.45) is 0.567. The van der Waals surface area contributed by atoms with Crippen LogP contribution in [0.3, 0.4) is 0 Å². The number of amides is 1. The summed E-state index contributed by atoms with van der Waals surface area (Å²) in [5.41, 5.74) is -1.31. The van der Waals surface area contributed by atoms with E-state index in [0.29, 0.717) is 5.75 Å². The fraction of sp³-hybridized carbons (Fsp3) is 0.375. The highest BCUT2D eigenvalue weighted by molar-refractivity contribution is 5.86. The van der Waals surface area contributed by atoms with Gasteiger partial charge in [-0.15, -0.1) is 6.58 Å². The highest BCUT2D eigenvalue weighted by atomic mass is 19.1. The first-order valence-electron chi connectivity index (χ1n) is 6.80. The third-order valence-electron chi connectivity index (χ3n) is 2.75. The number of carbonyl (C=O) groups is 2. The van der Waals surface area contributed by atoms with Crippen molar-refractivity contribution in [3.63, 3.8) is 0 Å². The normalized spacial score (nSPS) is 12.2. The van der Waals surface area contributed by atoms with Crippen LogP contribution in [0, 0.1) is 5.82 Å². The smallest absolute Gasteiger partial charge is 0.350 e. The van der Waals surface area contributed by atoms with Crippen LogP contribution in [0.5, 0.6) is 5.75 Å². The predicted octanol–water partition coefficient (Wildman–Crippen LogP) is 2.22. The molecule has 0 fully saturated rings. The van der Waals surface area contributed by atoms with Crippen LogP contribution >= 0.6 is 0 Å². The second kappa shape index (κ2) is 7.59. The summed E-state index contributed by atoms with van der Waals surface area (Å²) in [6, 6.07) is 5.26. The van der Waals surface area contributed by atoms with Gasteiger partial charge in [-0.1, -0.05) is 6.08 Å². The van der Waals surface area contributed by atoms with E-state index < -0.39 is 29.4 Å². The Balaban J connectivity index is 2.63. The van der Waals surface area contributed by atoms with Gasteiger partial charge in [0, 0.05) is 6.54 Å². The maximum atomic E-state index is 12.8. The molecule has 0 aromatic heterocycles. The number of benzene rings is 1. The van der Waals surface area contributed by atoms with Gasteiger partial charge in [0.1, 0.15) is 11.6 Å². The number of ether oxygens (including phenoxy) is 2. The highest BCUT2D eigenvalue weighted by Crippen LogP contribution is 2.20. The molecular formula is C16H20FNO4. The average Bonchev–Trinajstić information content (AvgIpc) is 2.46. The first kappa shape index (κ1) is 17.7. The summed E-state index contributed by atoms with van der Waals surface area (Å²) in [6.45, 7) is 8.24. The quantitative estimate of drug-likeness (QED) is 0.619. The lowest BCUT2D eigenvalue weighted by molar-refractivity contribution is -0.167. The molecule has 0 aliphatic heterocycles. The van der Waals surface area contributed by atoms with Crippen LogP contribution in [0.1, 0.15) is 20.8 Å². The standard InChI is InChI=1S/C16H20FNO4/c1-5-10-18-14(19)11(2)21-15(20)16(3,4)22-13-8-6-12(17)7-9-13/h5-9,11H,1,10H2,2-4H3,(H,18,19)/t11-/m0/s1. The molecule has 0 aliphatic carbocycles. The fourth-order valence-corrected chi connectivity index (χ4v) is 1.51. The van der Waals surface area contributed by atoms with Crippen LogP contribution in [0.2, 0.25) is 0 Å². The first-order valence-corrected chi connectivity index (χ1v) is 6.80. The molecule has 0 unspecified atom stereocenters. The minimum atomic E-state index is -1.31. The monoisotopic (exact) mass is 309 g/mol.